The van der Waals surface area contributed by atoms with Crippen LogP contribution in [0.3, 0.4) is 0 Å². The van der Waals surface area contributed by atoms with Crippen LogP contribution in [0.4, 0.5) is 27.6 Å². The van der Waals surface area contributed by atoms with Gasteiger partial charge in [-0.05, 0) is 63.1 Å². The molecular formula is C34H34ClF5N4O2. The van der Waals surface area contributed by atoms with Gasteiger partial charge in [-0.25, -0.2) is 26.9 Å². The number of benzene rings is 3. The standard InChI is InChI=1S/C23H19ClF4N2O.C11H15FN2O/c1-23(2,28)16-9-20(15(11-29-12-31)13-6-4-3-5-7-13)30-22(21(16)27)14-8-17(24)19(26)10-18(14)25;1-7-4-9(6-14-8(2)12)11(13)10(5-7)15-3/h3-10,12,15H,11H2,1-2H3,(H,29,31);4-6,8H,13H2,1-3H3/b;14-6+. The van der Waals surface area contributed by atoms with Crippen LogP contribution in [0.2, 0.25) is 5.02 Å². The Labute approximate surface area is 269 Å². The highest BCUT2D eigenvalue weighted by atomic mass is 35.5. The number of aliphatic imine (C=N–C) groups is 1. The minimum absolute atomic E-state index is 0.0877. The number of methoxy groups -OCH3 is 1. The van der Waals surface area contributed by atoms with Crippen molar-refractivity contribution in [3.63, 3.8) is 0 Å². The normalized spacial score (nSPS) is 12.7. The van der Waals surface area contributed by atoms with Crippen LogP contribution in [0.25, 0.3) is 11.3 Å². The summed E-state index contributed by atoms with van der Waals surface area (Å²) in [4.78, 5) is 18.8. The Morgan fingerprint density at radius 1 is 1.09 bits per heavy atom. The molecule has 0 saturated carbocycles. The molecule has 0 bridgehead atoms. The molecular weight excluding hydrogens is 627 g/mol. The number of ether oxygens (including phenoxy) is 1. The molecule has 1 heterocycles. The van der Waals surface area contributed by atoms with Crippen LogP contribution in [0.5, 0.6) is 5.75 Å². The molecule has 3 aromatic carbocycles. The number of hydrogen-bond donors (Lipinski definition) is 2. The maximum atomic E-state index is 15.3. The summed E-state index contributed by atoms with van der Waals surface area (Å²) in [5.74, 6) is -3.17. The Morgan fingerprint density at radius 3 is 2.35 bits per heavy atom. The Hall–Kier alpha value is -4.51. The lowest BCUT2D eigenvalue weighted by molar-refractivity contribution is -0.109. The first-order chi connectivity index (χ1) is 21.7. The van der Waals surface area contributed by atoms with Gasteiger partial charge in [-0.2, -0.15) is 0 Å². The van der Waals surface area contributed by atoms with Gasteiger partial charge >= 0.3 is 0 Å². The van der Waals surface area contributed by atoms with E-state index in [0.29, 0.717) is 29.5 Å². The zero-order chi connectivity index (χ0) is 34.2. The van der Waals surface area contributed by atoms with Gasteiger partial charge in [0.25, 0.3) is 0 Å². The molecule has 0 aliphatic rings. The largest absolute Gasteiger partial charge is 0.495 e. The molecule has 2 unspecified atom stereocenters. The zero-order valence-corrected chi connectivity index (χ0v) is 26.6. The number of aromatic nitrogens is 1. The lowest BCUT2D eigenvalue weighted by atomic mass is 9.90. The molecule has 0 aliphatic heterocycles. The van der Waals surface area contributed by atoms with E-state index in [1.54, 1.807) is 37.4 Å². The SMILES string of the molecule is CC(C)(F)c1cc(C(CNC=O)c2ccccc2)nc(-c2cc(Cl)c(F)cc2F)c1F.COc1cc(C)cc(/C=N/C(C)F)c1N. The topological polar surface area (TPSA) is 89.6 Å². The van der Waals surface area contributed by atoms with Crippen LogP contribution in [-0.2, 0) is 10.5 Å². The average molecular weight is 661 g/mol. The third kappa shape index (κ3) is 9.03. The van der Waals surface area contributed by atoms with Gasteiger partial charge in [0.15, 0.2) is 12.1 Å². The molecule has 244 valence electrons. The monoisotopic (exact) mass is 660 g/mol. The summed E-state index contributed by atoms with van der Waals surface area (Å²) < 4.78 is 76.0. The van der Waals surface area contributed by atoms with E-state index in [4.69, 9.17) is 22.1 Å². The summed E-state index contributed by atoms with van der Waals surface area (Å²) in [5, 5.41) is 2.13. The number of nitrogens with two attached hydrogens (primary N) is 1. The van der Waals surface area contributed by atoms with Crippen LogP contribution in [0.1, 0.15) is 54.6 Å². The lowest BCUT2D eigenvalue weighted by Gasteiger charge is -2.23. The van der Waals surface area contributed by atoms with Gasteiger partial charge in [0.2, 0.25) is 6.41 Å². The third-order valence-corrected chi connectivity index (χ3v) is 7.09. The second-order valence-corrected chi connectivity index (χ2v) is 11.2. The van der Waals surface area contributed by atoms with Crippen molar-refractivity contribution in [3.05, 3.63) is 111 Å². The second kappa shape index (κ2) is 15.7. The molecule has 0 saturated heterocycles. The van der Waals surface area contributed by atoms with Crippen molar-refractivity contribution in [3.8, 4) is 17.0 Å². The molecule has 0 spiro atoms. The number of anilines is 1. The number of pyridine rings is 1. The van der Waals surface area contributed by atoms with Gasteiger partial charge in [0.05, 0.1) is 23.5 Å². The van der Waals surface area contributed by atoms with E-state index in [2.05, 4.69) is 15.3 Å². The number of nitrogens with zero attached hydrogens (tertiary/aromatic N) is 2. The van der Waals surface area contributed by atoms with E-state index >= 15 is 4.39 Å². The summed E-state index contributed by atoms with van der Waals surface area (Å²) >= 11 is 5.77. The highest BCUT2D eigenvalue weighted by molar-refractivity contribution is 6.31. The van der Waals surface area contributed by atoms with E-state index in [9.17, 15) is 22.4 Å². The number of rotatable bonds is 10. The van der Waals surface area contributed by atoms with Crippen molar-refractivity contribution in [2.75, 3.05) is 19.4 Å². The predicted molar refractivity (Wildman–Crippen MR) is 171 cm³/mol. The molecule has 12 heteroatoms. The minimum Gasteiger partial charge on any atom is -0.495 e. The number of aryl methyl sites for hydroxylation is 1. The quantitative estimate of drug-likeness (QED) is 0.0448. The maximum Gasteiger partial charge on any atom is 0.207 e. The number of amides is 1. The van der Waals surface area contributed by atoms with Gasteiger partial charge in [-0.15, -0.1) is 0 Å². The second-order valence-electron chi connectivity index (χ2n) is 10.8. The van der Waals surface area contributed by atoms with Gasteiger partial charge in [-0.1, -0.05) is 41.9 Å². The Morgan fingerprint density at radius 2 is 1.76 bits per heavy atom. The number of carbonyl (C=O) groups is 1. The average Bonchev–Trinajstić information content (AvgIpc) is 3.00. The summed E-state index contributed by atoms with van der Waals surface area (Å²) in [7, 11) is 1.55. The van der Waals surface area contributed by atoms with Crippen molar-refractivity contribution in [1.82, 2.24) is 10.3 Å². The molecule has 4 aromatic rings. The van der Waals surface area contributed by atoms with Crippen molar-refractivity contribution >= 4 is 29.9 Å². The number of hydrogen-bond acceptors (Lipinski definition) is 5. The predicted octanol–water partition coefficient (Wildman–Crippen LogP) is 8.22. The van der Waals surface area contributed by atoms with Crippen molar-refractivity contribution in [1.29, 1.82) is 0 Å². The smallest absolute Gasteiger partial charge is 0.207 e. The Balaban J connectivity index is 0.000000322. The van der Waals surface area contributed by atoms with Crippen molar-refractivity contribution in [2.24, 2.45) is 4.99 Å². The lowest BCUT2D eigenvalue weighted by Crippen LogP contribution is -2.23. The Bertz CT molecular complexity index is 1700. The maximum absolute atomic E-state index is 15.3. The molecule has 3 N–H and O–H groups in total. The van der Waals surface area contributed by atoms with E-state index in [1.165, 1.54) is 19.2 Å². The van der Waals surface area contributed by atoms with Crippen LogP contribution < -0.4 is 15.8 Å². The van der Waals surface area contributed by atoms with Crippen LogP contribution >= 0.6 is 11.6 Å². The summed E-state index contributed by atoms with van der Waals surface area (Å²) in [5.41, 5.74) is 5.52. The summed E-state index contributed by atoms with van der Waals surface area (Å²) in [6.07, 6.45) is 0.700. The van der Waals surface area contributed by atoms with Crippen LogP contribution in [0.15, 0.2) is 65.7 Å². The first kappa shape index (κ1) is 36.0. The summed E-state index contributed by atoms with van der Waals surface area (Å²) in [6.45, 7) is 5.69. The molecule has 2 atom stereocenters. The van der Waals surface area contributed by atoms with Crippen LogP contribution in [0, 0.1) is 24.4 Å². The summed E-state index contributed by atoms with van der Waals surface area (Å²) in [6, 6.07) is 15.2. The first-order valence-electron chi connectivity index (χ1n) is 14.1. The molecule has 4 rings (SSSR count). The number of nitrogens with one attached hydrogen (secondary N) is 1. The van der Waals surface area contributed by atoms with Crippen LogP contribution in [-0.4, -0.2) is 37.6 Å². The number of alkyl halides is 2. The van der Waals surface area contributed by atoms with E-state index in [-0.39, 0.29) is 17.8 Å². The number of halogens is 6. The zero-order valence-electron chi connectivity index (χ0n) is 25.8. The first-order valence-corrected chi connectivity index (χ1v) is 14.4. The fourth-order valence-electron chi connectivity index (χ4n) is 4.54. The van der Waals surface area contributed by atoms with Gasteiger partial charge in [0.1, 0.15) is 28.7 Å². The number of nitrogen functional groups attached to an aromatic ring is 1. The molecule has 1 aromatic heterocycles. The fraction of sp³-hybridized carbons (Fsp3) is 0.265. The molecule has 0 fully saturated rings. The van der Waals surface area contributed by atoms with E-state index < -0.39 is 51.6 Å². The highest BCUT2D eigenvalue weighted by Crippen LogP contribution is 2.37. The molecule has 0 aliphatic carbocycles. The minimum atomic E-state index is -2.13. The van der Waals surface area contributed by atoms with Gasteiger partial charge in [0, 0.05) is 41.4 Å². The molecule has 46 heavy (non-hydrogen) atoms. The Kier molecular flexibility index (Phi) is 12.2. The molecule has 1 amide bonds. The number of carbonyl (C=O) groups excluding carboxylic acids is 1. The molecule has 6 nitrogen and oxygen atoms in total. The van der Waals surface area contributed by atoms with Crippen molar-refractivity contribution in [2.45, 2.75) is 45.6 Å². The fourth-order valence-corrected chi connectivity index (χ4v) is 4.70. The van der Waals surface area contributed by atoms with Gasteiger partial charge < -0.3 is 15.8 Å². The highest BCUT2D eigenvalue weighted by Gasteiger charge is 2.30. The molecule has 0 radical (unpaired) electrons. The van der Waals surface area contributed by atoms with E-state index in [1.807, 2.05) is 19.1 Å². The van der Waals surface area contributed by atoms with Gasteiger partial charge in [-0.3, -0.25) is 9.79 Å². The third-order valence-electron chi connectivity index (χ3n) is 6.80. The van der Waals surface area contributed by atoms with Crippen molar-refractivity contribution < 1.29 is 31.5 Å². The van der Waals surface area contributed by atoms with E-state index in [0.717, 1.165) is 31.0 Å².